The monoisotopic (exact) mass is 379 g/mol. The summed E-state index contributed by atoms with van der Waals surface area (Å²) >= 11 is 0. The Kier molecular flexibility index (Phi) is 5.21. The number of non-ortho nitro benzene ring substituents is 1. The van der Waals surface area contributed by atoms with E-state index in [2.05, 4.69) is 4.98 Å². The van der Waals surface area contributed by atoms with E-state index in [1.807, 2.05) is 78.9 Å². The number of nitro groups is 1. The van der Waals surface area contributed by atoms with E-state index < -0.39 is 0 Å². The summed E-state index contributed by atoms with van der Waals surface area (Å²) in [7, 11) is 0. The van der Waals surface area contributed by atoms with Crippen LogP contribution in [0.1, 0.15) is 5.69 Å². The molecule has 0 radical (unpaired) electrons. The molecule has 4 rings (SSSR count). The molecule has 1 aromatic heterocycles. The van der Waals surface area contributed by atoms with Crippen LogP contribution in [0.15, 0.2) is 102 Å². The molecule has 0 atom stereocenters. The first-order valence-corrected chi connectivity index (χ1v) is 9.11. The van der Waals surface area contributed by atoms with Gasteiger partial charge in [-0.2, -0.15) is 0 Å². The van der Waals surface area contributed by atoms with E-state index in [1.165, 1.54) is 0 Å². The normalized spacial score (nSPS) is 10.9. The number of pyridine rings is 1. The van der Waals surface area contributed by atoms with Crippen LogP contribution >= 0.6 is 0 Å². The smallest absolute Gasteiger partial charge is 0.258 e. The highest BCUT2D eigenvalue weighted by molar-refractivity contribution is 5.94. The molecule has 4 aromatic rings. The van der Waals surface area contributed by atoms with Gasteiger partial charge < -0.3 is 0 Å². The van der Waals surface area contributed by atoms with Crippen molar-refractivity contribution in [1.29, 1.82) is 0 Å². The van der Waals surface area contributed by atoms with E-state index in [1.54, 1.807) is 24.5 Å². The molecule has 29 heavy (non-hydrogen) atoms. The fourth-order valence-electron chi connectivity index (χ4n) is 3.12. The Hall–Kier alpha value is -4.12. The van der Waals surface area contributed by atoms with E-state index in [0.29, 0.717) is 22.5 Å². The predicted molar refractivity (Wildman–Crippen MR) is 115 cm³/mol. The molecular weight excluding hydrogens is 362 g/mol. The molecule has 0 aliphatic heterocycles. The Labute approximate surface area is 168 Å². The Morgan fingerprint density at radius 3 is 1.83 bits per heavy atom. The molecule has 140 valence electrons. The largest absolute Gasteiger partial charge is 0.270 e. The standard InChI is InChI=1S/C24H17N3O2/c28-27(29)21-15-22(18-9-3-1-4-10-18)24(26-17-20-13-7-8-14-25-20)23(16-21)19-11-5-2-6-12-19/h1-17H. The molecule has 0 aliphatic carbocycles. The third-order valence-electron chi connectivity index (χ3n) is 4.49. The summed E-state index contributed by atoms with van der Waals surface area (Å²) in [4.78, 5) is 20.3. The van der Waals surface area contributed by atoms with Crippen molar-refractivity contribution in [2.75, 3.05) is 0 Å². The molecule has 0 saturated carbocycles. The molecule has 0 amide bonds. The van der Waals surface area contributed by atoms with Crippen molar-refractivity contribution in [3.05, 3.63) is 113 Å². The zero-order valence-corrected chi connectivity index (χ0v) is 15.5. The van der Waals surface area contributed by atoms with Crippen molar-refractivity contribution in [2.45, 2.75) is 0 Å². The molecule has 0 spiro atoms. The highest BCUT2D eigenvalue weighted by Gasteiger charge is 2.18. The van der Waals surface area contributed by atoms with Crippen LogP contribution in [-0.4, -0.2) is 16.1 Å². The average molecular weight is 379 g/mol. The van der Waals surface area contributed by atoms with E-state index in [0.717, 1.165) is 11.1 Å². The first-order chi connectivity index (χ1) is 14.2. The van der Waals surface area contributed by atoms with Gasteiger partial charge in [-0.3, -0.25) is 20.1 Å². The second kappa shape index (κ2) is 8.27. The third kappa shape index (κ3) is 4.09. The summed E-state index contributed by atoms with van der Waals surface area (Å²) in [6, 6.07) is 27.9. The van der Waals surface area contributed by atoms with Gasteiger partial charge in [-0.1, -0.05) is 66.7 Å². The molecule has 0 aliphatic rings. The fourth-order valence-corrected chi connectivity index (χ4v) is 3.12. The van der Waals surface area contributed by atoms with Gasteiger partial charge in [0.2, 0.25) is 0 Å². The van der Waals surface area contributed by atoms with Crippen molar-refractivity contribution >= 4 is 17.6 Å². The number of nitro benzene ring substituents is 1. The second-order valence-corrected chi connectivity index (χ2v) is 6.39. The molecule has 0 saturated heterocycles. The maximum atomic E-state index is 11.6. The Morgan fingerprint density at radius 1 is 0.793 bits per heavy atom. The molecule has 5 heteroatoms. The van der Waals surface area contributed by atoms with E-state index in [9.17, 15) is 10.1 Å². The lowest BCUT2D eigenvalue weighted by molar-refractivity contribution is -0.384. The van der Waals surface area contributed by atoms with Gasteiger partial charge in [0.15, 0.2) is 0 Å². The van der Waals surface area contributed by atoms with Crippen molar-refractivity contribution < 1.29 is 4.92 Å². The Morgan fingerprint density at radius 2 is 1.34 bits per heavy atom. The van der Waals surface area contributed by atoms with Crippen LogP contribution in [0.2, 0.25) is 0 Å². The van der Waals surface area contributed by atoms with Crippen molar-refractivity contribution in [1.82, 2.24) is 4.98 Å². The topological polar surface area (TPSA) is 68.4 Å². The average Bonchev–Trinajstić information content (AvgIpc) is 2.79. The Balaban J connectivity index is 1.98. The van der Waals surface area contributed by atoms with Crippen LogP contribution in [0, 0.1) is 10.1 Å². The zero-order chi connectivity index (χ0) is 20.1. The van der Waals surface area contributed by atoms with Crippen LogP contribution in [-0.2, 0) is 0 Å². The van der Waals surface area contributed by atoms with Gasteiger partial charge in [-0.05, 0) is 23.3 Å². The summed E-state index contributed by atoms with van der Waals surface area (Å²) in [5.41, 5.74) is 4.53. The summed E-state index contributed by atoms with van der Waals surface area (Å²) in [5, 5.41) is 11.6. The molecule has 0 unspecified atom stereocenters. The van der Waals surface area contributed by atoms with Gasteiger partial charge in [0, 0.05) is 29.5 Å². The van der Waals surface area contributed by atoms with Crippen LogP contribution in [0.5, 0.6) is 0 Å². The van der Waals surface area contributed by atoms with E-state index in [4.69, 9.17) is 4.99 Å². The van der Waals surface area contributed by atoms with Crippen LogP contribution in [0.3, 0.4) is 0 Å². The number of hydrogen-bond acceptors (Lipinski definition) is 4. The number of hydrogen-bond donors (Lipinski definition) is 0. The quantitative estimate of drug-likeness (QED) is 0.240. The summed E-state index contributed by atoms with van der Waals surface area (Å²) in [5.74, 6) is 0. The number of benzene rings is 3. The summed E-state index contributed by atoms with van der Waals surface area (Å²) in [6.45, 7) is 0. The SMILES string of the molecule is O=[N+]([O-])c1cc(-c2ccccc2)c(N=Cc2ccccn2)c(-c2ccccc2)c1. The number of aromatic nitrogens is 1. The molecule has 5 nitrogen and oxygen atoms in total. The van der Waals surface area contributed by atoms with E-state index in [-0.39, 0.29) is 10.6 Å². The number of rotatable bonds is 5. The first-order valence-electron chi connectivity index (χ1n) is 9.11. The minimum absolute atomic E-state index is 0.0273. The van der Waals surface area contributed by atoms with Crippen LogP contribution in [0.25, 0.3) is 22.3 Å². The predicted octanol–water partition coefficient (Wildman–Crippen LogP) is 6.07. The van der Waals surface area contributed by atoms with Gasteiger partial charge in [-0.25, -0.2) is 0 Å². The van der Waals surface area contributed by atoms with Gasteiger partial charge in [0.05, 0.1) is 22.5 Å². The third-order valence-corrected chi connectivity index (χ3v) is 4.49. The maximum Gasteiger partial charge on any atom is 0.270 e. The van der Waals surface area contributed by atoms with Gasteiger partial charge >= 0.3 is 0 Å². The lowest BCUT2D eigenvalue weighted by atomic mass is 9.95. The first kappa shape index (κ1) is 18.3. The summed E-state index contributed by atoms with van der Waals surface area (Å²) in [6.07, 6.45) is 3.38. The van der Waals surface area contributed by atoms with Gasteiger partial charge in [-0.15, -0.1) is 0 Å². The highest BCUT2D eigenvalue weighted by atomic mass is 16.6. The number of aliphatic imine (C=N–C) groups is 1. The highest BCUT2D eigenvalue weighted by Crippen LogP contribution is 2.42. The summed E-state index contributed by atoms with van der Waals surface area (Å²) < 4.78 is 0. The molecule has 0 N–H and O–H groups in total. The zero-order valence-electron chi connectivity index (χ0n) is 15.5. The van der Waals surface area contributed by atoms with Crippen molar-refractivity contribution in [2.24, 2.45) is 4.99 Å². The lowest BCUT2D eigenvalue weighted by Crippen LogP contribution is -1.93. The van der Waals surface area contributed by atoms with Gasteiger partial charge in [0.1, 0.15) is 0 Å². The molecule has 0 bridgehead atoms. The van der Waals surface area contributed by atoms with Crippen molar-refractivity contribution in [3.63, 3.8) is 0 Å². The van der Waals surface area contributed by atoms with Crippen LogP contribution < -0.4 is 0 Å². The number of nitrogens with zero attached hydrogens (tertiary/aromatic N) is 3. The van der Waals surface area contributed by atoms with E-state index >= 15 is 0 Å². The maximum absolute atomic E-state index is 11.6. The molecule has 1 heterocycles. The Bertz CT molecular complexity index is 1100. The van der Waals surface area contributed by atoms with Crippen LogP contribution in [0.4, 0.5) is 11.4 Å². The molecule has 3 aromatic carbocycles. The second-order valence-electron chi connectivity index (χ2n) is 6.39. The van der Waals surface area contributed by atoms with Gasteiger partial charge in [0.25, 0.3) is 5.69 Å². The minimum atomic E-state index is -0.370. The van der Waals surface area contributed by atoms with Crippen molar-refractivity contribution in [3.8, 4) is 22.3 Å². The lowest BCUT2D eigenvalue weighted by Gasteiger charge is -2.12. The molecular formula is C24H17N3O2. The minimum Gasteiger partial charge on any atom is -0.258 e. The fraction of sp³-hybridized carbons (Fsp3) is 0. The molecule has 0 fully saturated rings.